The number of aryl methyl sites for hydroxylation is 3. The van der Waals surface area contributed by atoms with Crippen LogP contribution in [0.4, 0.5) is 5.82 Å². The number of hydrogen-bond donors (Lipinski definition) is 2. The lowest BCUT2D eigenvalue weighted by Gasteiger charge is -2.31. The average molecular weight is 497 g/mol. The van der Waals surface area contributed by atoms with E-state index in [1.165, 1.54) is 21.4 Å². The zero-order valence-electron chi connectivity index (χ0n) is 21.8. The van der Waals surface area contributed by atoms with Gasteiger partial charge in [-0.05, 0) is 62.2 Å². The lowest BCUT2D eigenvalue weighted by atomic mass is 10.0. The molecule has 0 unspecified atom stereocenters. The number of aromatic nitrogens is 3. The first-order valence-electron chi connectivity index (χ1n) is 13.2. The van der Waals surface area contributed by atoms with Crippen molar-refractivity contribution >= 4 is 16.7 Å². The van der Waals surface area contributed by atoms with Crippen LogP contribution >= 0.6 is 0 Å². The molecule has 4 aromatic rings. The van der Waals surface area contributed by atoms with Gasteiger partial charge in [0, 0.05) is 71.4 Å². The van der Waals surface area contributed by atoms with E-state index in [1.54, 1.807) is 0 Å². The van der Waals surface area contributed by atoms with Crippen LogP contribution in [0.2, 0.25) is 0 Å². The average Bonchev–Trinajstić information content (AvgIpc) is 3.56. The molecule has 0 saturated carbocycles. The van der Waals surface area contributed by atoms with E-state index in [9.17, 15) is 4.91 Å². The van der Waals surface area contributed by atoms with E-state index in [0.717, 1.165) is 85.2 Å². The minimum atomic E-state index is 0.0683. The Hall–Kier alpha value is -3.78. The number of nitrogens with zero attached hydrogens (tertiary/aromatic N) is 5. The molecular weight excluding hydrogens is 462 g/mol. The van der Waals surface area contributed by atoms with Crippen LogP contribution in [-0.4, -0.2) is 70.1 Å². The Morgan fingerprint density at radius 1 is 0.919 bits per heavy atom. The summed E-state index contributed by atoms with van der Waals surface area (Å²) >= 11 is 0. The lowest BCUT2D eigenvalue weighted by Crippen LogP contribution is -2.52. The number of pyridine rings is 2. The summed E-state index contributed by atoms with van der Waals surface area (Å²) in [5, 5.41) is 6.45. The van der Waals surface area contributed by atoms with Gasteiger partial charge in [-0.15, -0.1) is 5.01 Å². The minimum absolute atomic E-state index is 0.0683. The monoisotopic (exact) mass is 496 g/mol. The smallest absolute Gasteiger partial charge is 0.248 e. The van der Waals surface area contributed by atoms with Crippen molar-refractivity contribution in [1.29, 1.82) is 0 Å². The van der Waals surface area contributed by atoms with Gasteiger partial charge >= 0.3 is 0 Å². The second-order valence-corrected chi connectivity index (χ2v) is 10.3. The molecule has 0 radical (unpaired) electrons. The third kappa shape index (κ3) is 4.57. The van der Waals surface area contributed by atoms with E-state index in [-0.39, 0.29) is 6.04 Å². The van der Waals surface area contributed by atoms with E-state index in [0.29, 0.717) is 0 Å². The van der Waals surface area contributed by atoms with Crippen molar-refractivity contribution < 1.29 is 4.87 Å². The number of aromatic amines is 1. The van der Waals surface area contributed by atoms with Crippen LogP contribution in [0.1, 0.15) is 23.4 Å². The molecule has 1 atom stereocenters. The second-order valence-electron chi connectivity index (χ2n) is 10.3. The molecule has 8 nitrogen and oxygen atoms in total. The Kier molecular flexibility index (Phi) is 6.12. The predicted molar refractivity (Wildman–Crippen MR) is 148 cm³/mol. The maximum Gasteiger partial charge on any atom is 0.248 e. The van der Waals surface area contributed by atoms with Crippen molar-refractivity contribution in [2.24, 2.45) is 0 Å². The first-order valence-corrected chi connectivity index (χ1v) is 13.2. The quantitative estimate of drug-likeness (QED) is 0.399. The van der Waals surface area contributed by atoms with Crippen LogP contribution in [0.25, 0.3) is 33.3 Å². The van der Waals surface area contributed by atoms with Gasteiger partial charge in [0.05, 0.1) is 24.5 Å². The molecule has 0 aliphatic carbocycles. The van der Waals surface area contributed by atoms with Crippen LogP contribution in [0.3, 0.4) is 0 Å². The van der Waals surface area contributed by atoms with E-state index < -0.39 is 0 Å². The van der Waals surface area contributed by atoms with Crippen LogP contribution in [0.5, 0.6) is 0 Å². The second kappa shape index (κ2) is 9.59. The first kappa shape index (κ1) is 23.6. The van der Waals surface area contributed by atoms with Gasteiger partial charge in [-0.25, -0.2) is 4.98 Å². The summed E-state index contributed by atoms with van der Waals surface area (Å²) in [6, 6.07) is 15.2. The normalized spacial score (nSPS) is 18.1. The summed E-state index contributed by atoms with van der Waals surface area (Å²) in [6.45, 7) is 11.0. The van der Waals surface area contributed by atoms with E-state index in [2.05, 4.69) is 69.6 Å². The fourth-order valence-corrected chi connectivity index (χ4v) is 5.71. The number of H-pyrrole nitrogens is 1. The molecule has 3 aromatic heterocycles. The Morgan fingerprint density at radius 2 is 1.68 bits per heavy atom. The molecule has 8 heteroatoms. The van der Waals surface area contributed by atoms with Gasteiger partial charge < -0.3 is 15.2 Å². The molecule has 6 rings (SSSR count). The van der Waals surface area contributed by atoms with Crippen LogP contribution < -0.4 is 10.2 Å². The summed E-state index contributed by atoms with van der Waals surface area (Å²) in [4.78, 5) is 29.1. The number of nitrogens with one attached hydrogen (secondary N) is 2. The molecule has 1 aromatic carbocycles. The largest absolute Gasteiger partial charge is 0.354 e. The minimum Gasteiger partial charge on any atom is -0.354 e. The number of hydrogen-bond acceptors (Lipinski definition) is 5. The van der Waals surface area contributed by atoms with Crippen molar-refractivity contribution in [3.8, 4) is 22.4 Å². The number of anilines is 1. The topological polar surface area (TPSA) is 80.2 Å². The summed E-state index contributed by atoms with van der Waals surface area (Å²) < 4.78 is 0. The number of benzene rings is 1. The molecule has 0 spiro atoms. The Morgan fingerprint density at radius 3 is 2.35 bits per heavy atom. The van der Waals surface area contributed by atoms with Gasteiger partial charge in [0.2, 0.25) is 6.04 Å². The lowest BCUT2D eigenvalue weighted by molar-refractivity contribution is -0.732. The zero-order chi connectivity index (χ0) is 25.5. The standard InChI is InChI=1S/C29H34N7O/c1-19-14-24(15-20(2)32-19)29-21(3)26-6-4-22(16-27(26)33-29)23-5-7-28(31-17-23)34-10-12-35(13-11-34)36(37)25-8-9-30-18-25/h4-7,14-17,25,30,33H,8-13,18H2,1-3H3/q+1/t25-/m1/s1. The van der Waals surface area contributed by atoms with E-state index in [1.807, 2.05) is 25.1 Å². The SMILES string of the molecule is Cc1cc(-c2[nH]c3cc(-c4ccc(N5CCN([N+](=O)[C@@H]6CCNC6)CC5)nc4)ccc3c2C)cc(C)n1. The van der Waals surface area contributed by atoms with Crippen molar-refractivity contribution in [2.45, 2.75) is 33.2 Å². The Balaban J connectivity index is 1.18. The van der Waals surface area contributed by atoms with Gasteiger partial charge in [-0.1, -0.05) is 12.1 Å². The number of hydrazine groups is 1. The molecule has 37 heavy (non-hydrogen) atoms. The Bertz CT molecular complexity index is 1430. The molecule has 2 fully saturated rings. The van der Waals surface area contributed by atoms with Crippen molar-refractivity contribution in [1.82, 2.24) is 25.3 Å². The molecule has 2 aliphatic heterocycles. The van der Waals surface area contributed by atoms with Gasteiger partial charge in [-0.3, -0.25) is 4.98 Å². The molecule has 2 saturated heterocycles. The van der Waals surface area contributed by atoms with E-state index >= 15 is 0 Å². The van der Waals surface area contributed by atoms with Crippen LogP contribution in [-0.2, 0) is 0 Å². The summed E-state index contributed by atoms with van der Waals surface area (Å²) in [5.41, 5.74) is 8.97. The highest BCUT2D eigenvalue weighted by atomic mass is 16.3. The number of rotatable bonds is 5. The Labute approximate surface area is 217 Å². The van der Waals surface area contributed by atoms with Crippen LogP contribution in [0, 0.1) is 25.7 Å². The van der Waals surface area contributed by atoms with Gasteiger partial charge in [0.15, 0.2) is 0 Å². The van der Waals surface area contributed by atoms with Crippen molar-refractivity contribution in [3.05, 3.63) is 70.5 Å². The summed E-state index contributed by atoms with van der Waals surface area (Å²) in [5.74, 6) is 0.964. The van der Waals surface area contributed by atoms with Crippen molar-refractivity contribution in [3.63, 3.8) is 0 Å². The molecule has 2 N–H and O–H groups in total. The maximum atomic E-state index is 12.6. The predicted octanol–water partition coefficient (Wildman–Crippen LogP) is 4.39. The first-order chi connectivity index (χ1) is 18.0. The third-order valence-electron chi connectivity index (χ3n) is 7.72. The molecule has 2 aliphatic rings. The van der Waals surface area contributed by atoms with Gasteiger partial charge in [0.25, 0.3) is 0 Å². The molecule has 5 heterocycles. The number of fused-ring (bicyclic) bond motifs is 1. The number of nitroso groups, excluding NO2 is 1. The van der Waals surface area contributed by atoms with Gasteiger partial charge in [-0.2, -0.15) is 0 Å². The zero-order valence-corrected chi connectivity index (χ0v) is 21.8. The highest BCUT2D eigenvalue weighted by molar-refractivity contribution is 5.93. The summed E-state index contributed by atoms with van der Waals surface area (Å²) in [6.07, 6.45) is 2.88. The molecular formula is C29H34N7O+. The fourth-order valence-electron chi connectivity index (χ4n) is 5.71. The maximum absolute atomic E-state index is 12.6. The van der Waals surface area contributed by atoms with Crippen LogP contribution in [0.15, 0.2) is 48.7 Å². The fraction of sp³-hybridized carbons (Fsp3) is 0.379. The van der Waals surface area contributed by atoms with E-state index in [4.69, 9.17) is 4.98 Å². The third-order valence-corrected chi connectivity index (χ3v) is 7.72. The highest BCUT2D eigenvalue weighted by Gasteiger charge is 2.36. The molecule has 190 valence electrons. The van der Waals surface area contributed by atoms with Gasteiger partial charge in [0.1, 0.15) is 10.7 Å². The summed E-state index contributed by atoms with van der Waals surface area (Å²) in [7, 11) is 0. The highest BCUT2D eigenvalue weighted by Crippen LogP contribution is 2.33. The number of piperazine rings is 1. The van der Waals surface area contributed by atoms with Crippen molar-refractivity contribution in [2.75, 3.05) is 44.2 Å². The molecule has 0 bridgehead atoms. The molecule has 0 amide bonds.